The van der Waals surface area contributed by atoms with Gasteiger partial charge in [-0.2, -0.15) is 0 Å². The number of nitrogens with zero attached hydrogens (tertiary/aromatic N) is 2. The van der Waals surface area contributed by atoms with Crippen molar-refractivity contribution in [2.24, 2.45) is 14.1 Å². The average Bonchev–Trinajstić information content (AvgIpc) is 2.59. The summed E-state index contributed by atoms with van der Waals surface area (Å²) in [5, 5.41) is 12.5. The third-order valence-corrected chi connectivity index (χ3v) is 4.38. The topological polar surface area (TPSA) is 103 Å². The number of carbonyl (C=O) groups is 1. The van der Waals surface area contributed by atoms with Crippen LogP contribution in [-0.2, 0) is 18.9 Å². The van der Waals surface area contributed by atoms with Gasteiger partial charge in [0, 0.05) is 26.4 Å². The van der Waals surface area contributed by atoms with Crippen LogP contribution in [0.15, 0.2) is 27.8 Å². The van der Waals surface area contributed by atoms with E-state index in [1.807, 2.05) is 0 Å². The summed E-state index contributed by atoms with van der Waals surface area (Å²) < 4.78 is 7.67. The minimum atomic E-state index is -0.533. The van der Waals surface area contributed by atoms with Gasteiger partial charge in [0.15, 0.2) is 11.5 Å². The van der Waals surface area contributed by atoms with Crippen molar-refractivity contribution < 1.29 is 14.6 Å². The molecule has 1 amide bonds. The zero-order valence-corrected chi connectivity index (χ0v) is 14.2. The number of hydrogen-bond donors (Lipinski definition) is 2. The summed E-state index contributed by atoms with van der Waals surface area (Å²) in [5.41, 5.74) is 0.0463. The Morgan fingerprint density at radius 3 is 2.64 bits per heavy atom. The van der Waals surface area contributed by atoms with Gasteiger partial charge < -0.3 is 15.2 Å². The molecule has 1 aliphatic rings. The van der Waals surface area contributed by atoms with Crippen LogP contribution in [0.4, 0.5) is 5.82 Å². The number of anilines is 1. The van der Waals surface area contributed by atoms with Crippen LogP contribution in [0.5, 0.6) is 11.5 Å². The van der Waals surface area contributed by atoms with E-state index in [4.69, 9.17) is 4.74 Å². The molecule has 2 aromatic rings. The standard InChI is InChI=1S/C17H19N3O5/c1-4-25-12-7-9(5-6-11(12)21)10-8-13(22)18-15-14(10)16(23)20(3)17(24)19(15)2/h5-7,10,21H,4,8H2,1-3H3,(H,18,22). The highest BCUT2D eigenvalue weighted by molar-refractivity contribution is 5.94. The molecule has 0 aliphatic carbocycles. The van der Waals surface area contributed by atoms with Crippen molar-refractivity contribution in [1.29, 1.82) is 0 Å². The maximum absolute atomic E-state index is 12.7. The number of fused-ring (bicyclic) bond motifs is 1. The smallest absolute Gasteiger partial charge is 0.332 e. The lowest BCUT2D eigenvalue weighted by molar-refractivity contribution is -0.116. The van der Waals surface area contributed by atoms with E-state index in [0.717, 1.165) is 4.57 Å². The number of nitrogens with one attached hydrogen (secondary N) is 1. The molecule has 0 fully saturated rings. The molecule has 2 heterocycles. The van der Waals surface area contributed by atoms with Gasteiger partial charge in [-0.05, 0) is 24.6 Å². The van der Waals surface area contributed by atoms with Gasteiger partial charge in [-0.15, -0.1) is 0 Å². The van der Waals surface area contributed by atoms with Crippen LogP contribution in [0.1, 0.15) is 30.4 Å². The summed E-state index contributed by atoms with van der Waals surface area (Å²) in [7, 11) is 2.91. The van der Waals surface area contributed by atoms with E-state index >= 15 is 0 Å². The van der Waals surface area contributed by atoms with E-state index in [9.17, 15) is 19.5 Å². The Kier molecular flexibility index (Phi) is 4.12. The maximum atomic E-state index is 12.7. The van der Waals surface area contributed by atoms with Crippen molar-refractivity contribution in [2.75, 3.05) is 11.9 Å². The molecule has 0 saturated heterocycles. The zero-order valence-electron chi connectivity index (χ0n) is 14.2. The molecule has 1 aromatic carbocycles. The predicted octanol–water partition coefficient (Wildman–Crippen LogP) is 0.662. The second-order valence-corrected chi connectivity index (χ2v) is 5.93. The summed E-state index contributed by atoms with van der Waals surface area (Å²) in [6.45, 7) is 2.16. The second kappa shape index (κ2) is 6.12. The Morgan fingerprint density at radius 1 is 1.24 bits per heavy atom. The number of ether oxygens (including phenoxy) is 1. The molecule has 8 nitrogen and oxygen atoms in total. The van der Waals surface area contributed by atoms with E-state index in [0.29, 0.717) is 17.7 Å². The number of phenols is 1. The summed E-state index contributed by atoms with van der Waals surface area (Å²) in [6, 6.07) is 4.74. The monoisotopic (exact) mass is 345 g/mol. The largest absolute Gasteiger partial charge is 0.504 e. The van der Waals surface area contributed by atoms with E-state index < -0.39 is 17.2 Å². The van der Waals surface area contributed by atoms with Crippen LogP contribution in [0.3, 0.4) is 0 Å². The van der Waals surface area contributed by atoms with Gasteiger partial charge in [0.25, 0.3) is 5.56 Å². The number of aromatic hydroxyl groups is 1. The van der Waals surface area contributed by atoms with E-state index in [1.54, 1.807) is 19.1 Å². The van der Waals surface area contributed by atoms with Crippen LogP contribution in [0, 0.1) is 0 Å². The molecular formula is C17H19N3O5. The average molecular weight is 345 g/mol. The first-order valence-electron chi connectivity index (χ1n) is 7.90. The maximum Gasteiger partial charge on any atom is 0.332 e. The first-order chi connectivity index (χ1) is 11.8. The molecule has 2 N–H and O–H groups in total. The highest BCUT2D eigenvalue weighted by Crippen LogP contribution is 2.37. The lowest BCUT2D eigenvalue weighted by Gasteiger charge is -2.27. The van der Waals surface area contributed by atoms with E-state index in [2.05, 4.69) is 5.32 Å². The van der Waals surface area contributed by atoms with Crippen molar-refractivity contribution in [3.63, 3.8) is 0 Å². The van der Waals surface area contributed by atoms with Gasteiger partial charge in [-0.1, -0.05) is 6.07 Å². The fourth-order valence-electron chi connectivity index (χ4n) is 3.11. The van der Waals surface area contributed by atoms with Crippen LogP contribution in [0.2, 0.25) is 0 Å². The normalized spacial score (nSPS) is 16.3. The molecule has 8 heteroatoms. The van der Waals surface area contributed by atoms with Crippen LogP contribution in [0.25, 0.3) is 0 Å². The Hall–Kier alpha value is -3.03. The Labute approximate surface area is 143 Å². The Morgan fingerprint density at radius 2 is 1.96 bits per heavy atom. The van der Waals surface area contributed by atoms with Gasteiger partial charge >= 0.3 is 5.69 Å². The first-order valence-corrected chi connectivity index (χ1v) is 7.90. The van der Waals surface area contributed by atoms with E-state index in [1.165, 1.54) is 24.7 Å². The first kappa shape index (κ1) is 16.8. The molecule has 3 rings (SSSR count). The van der Waals surface area contributed by atoms with Crippen molar-refractivity contribution >= 4 is 11.7 Å². The molecule has 1 unspecified atom stereocenters. The third-order valence-electron chi connectivity index (χ3n) is 4.38. The summed E-state index contributed by atoms with van der Waals surface area (Å²) >= 11 is 0. The number of benzene rings is 1. The SMILES string of the molecule is CCOc1cc(C2CC(=O)Nc3c2c(=O)n(C)c(=O)n3C)ccc1O. The fraction of sp³-hybridized carbons (Fsp3) is 0.353. The number of hydrogen-bond acceptors (Lipinski definition) is 5. The molecule has 25 heavy (non-hydrogen) atoms. The Balaban J connectivity index is 2.24. The molecule has 132 valence electrons. The second-order valence-electron chi connectivity index (χ2n) is 5.93. The summed E-state index contributed by atoms with van der Waals surface area (Å²) in [6.07, 6.45) is 0.0663. The highest BCUT2D eigenvalue weighted by Gasteiger charge is 2.32. The predicted molar refractivity (Wildman–Crippen MR) is 91.3 cm³/mol. The number of phenolic OH excluding ortho intramolecular Hbond substituents is 1. The van der Waals surface area contributed by atoms with Crippen molar-refractivity contribution in [1.82, 2.24) is 9.13 Å². The quantitative estimate of drug-likeness (QED) is 0.851. The van der Waals surface area contributed by atoms with Crippen molar-refractivity contribution in [3.05, 3.63) is 50.2 Å². The fourth-order valence-corrected chi connectivity index (χ4v) is 3.11. The van der Waals surface area contributed by atoms with Crippen molar-refractivity contribution in [3.8, 4) is 11.5 Å². The van der Waals surface area contributed by atoms with Crippen LogP contribution >= 0.6 is 0 Å². The zero-order chi connectivity index (χ0) is 18.3. The van der Waals surface area contributed by atoms with Gasteiger partial charge in [0.1, 0.15) is 5.82 Å². The van der Waals surface area contributed by atoms with Gasteiger partial charge in [-0.3, -0.25) is 18.7 Å². The number of amides is 1. The molecule has 0 saturated carbocycles. The molecule has 1 atom stereocenters. The number of carbonyl (C=O) groups excluding carboxylic acids is 1. The summed E-state index contributed by atoms with van der Waals surface area (Å²) in [4.78, 5) is 36.9. The Bertz CT molecular complexity index is 973. The molecule has 1 aromatic heterocycles. The minimum absolute atomic E-state index is 0.0144. The van der Waals surface area contributed by atoms with Crippen LogP contribution < -0.4 is 21.3 Å². The molecule has 0 radical (unpaired) electrons. The highest BCUT2D eigenvalue weighted by atomic mass is 16.5. The lowest BCUT2D eigenvalue weighted by atomic mass is 9.86. The van der Waals surface area contributed by atoms with Crippen molar-refractivity contribution in [2.45, 2.75) is 19.3 Å². The molecule has 0 bridgehead atoms. The molecule has 1 aliphatic heterocycles. The number of rotatable bonds is 3. The minimum Gasteiger partial charge on any atom is -0.504 e. The molecular weight excluding hydrogens is 326 g/mol. The van der Waals surface area contributed by atoms with Gasteiger partial charge in [-0.25, -0.2) is 4.79 Å². The van der Waals surface area contributed by atoms with Gasteiger partial charge in [0.2, 0.25) is 5.91 Å². The summed E-state index contributed by atoms with van der Waals surface area (Å²) in [5.74, 6) is -0.338. The van der Waals surface area contributed by atoms with Gasteiger partial charge in [0.05, 0.1) is 12.2 Å². The third kappa shape index (κ3) is 2.69. The number of aromatic nitrogens is 2. The van der Waals surface area contributed by atoms with Crippen LogP contribution in [-0.4, -0.2) is 26.8 Å². The lowest BCUT2D eigenvalue weighted by Crippen LogP contribution is -2.44. The van der Waals surface area contributed by atoms with E-state index in [-0.39, 0.29) is 29.6 Å². The molecule has 0 spiro atoms.